The van der Waals surface area contributed by atoms with Gasteiger partial charge in [0.2, 0.25) is 0 Å². The highest BCUT2D eigenvalue weighted by atomic mass is 79.9. The zero-order valence-electron chi connectivity index (χ0n) is 11.6. The van der Waals surface area contributed by atoms with E-state index in [-0.39, 0.29) is 0 Å². The predicted octanol–water partition coefficient (Wildman–Crippen LogP) is 3.70. The van der Waals surface area contributed by atoms with Crippen molar-refractivity contribution in [2.24, 2.45) is 0 Å². The summed E-state index contributed by atoms with van der Waals surface area (Å²) in [6.07, 6.45) is 5.32. The van der Waals surface area contributed by atoms with Gasteiger partial charge in [-0.3, -0.25) is 4.98 Å². The number of halogens is 1. The van der Waals surface area contributed by atoms with Gasteiger partial charge < -0.3 is 5.32 Å². The fourth-order valence-electron chi connectivity index (χ4n) is 3.20. The number of nitrogens with one attached hydrogen (secondary N) is 1. The van der Waals surface area contributed by atoms with Crippen molar-refractivity contribution in [3.63, 3.8) is 0 Å². The molecule has 0 spiro atoms. The molecule has 20 heavy (non-hydrogen) atoms. The Bertz CT molecular complexity index is 597. The summed E-state index contributed by atoms with van der Waals surface area (Å²) in [5.41, 5.74) is 4.08. The van der Waals surface area contributed by atoms with Crippen LogP contribution >= 0.6 is 15.9 Å². The maximum atomic E-state index is 4.62. The van der Waals surface area contributed by atoms with Crippen LogP contribution < -0.4 is 5.32 Å². The number of nitrogens with zero attached hydrogens (tertiary/aromatic N) is 1. The average molecular weight is 331 g/mol. The lowest BCUT2D eigenvalue weighted by Gasteiger charge is -2.23. The van der Waals surface area contributed by atoms with E-state index in [4.69, 9.17) is 0 Å². The first-order chi connectivity index (χ1) is 9.78. The molecule has 1 aromatic carbocycles. The van der Waals surface area contributed by atoms with Crippen molar-refractivity contribution in [3.8, 4) is 0 Å². The van der Waals surface area contributed by atoms with Gasteiger partial charge in [0, 0.05) is 28.3 Å². The zero-order chi connectivity index (χ0) is 13.9. The Morgan fingerprint density at radius 3 is 3.05 bits per heavy atom. The number of aromatic nitrogens is 1. The summed E-state index contributed by atoms with van der Waals surface area (Å²) in [7, 11) is 2.06. The van der Waals surface area contributed by atoms with E-state index >= 15 is 0 Å². The number of hydrogen-bond donors (Lipinski definition) is 1. The minimum Gasteiger partial charge on any atom is -0.316 e. The first-order valence-corrected chi connectivity index (χ1v) is 7.92. The Kier molecular flexibility index (Phi) is 4.18. The van der Waals surface area contributed by atoms with Gasteiger partial charge in [-0.2, -0.15) is 0 Å². The largest absolute Gasteiger partial charge is 0.316 e. The molecule has 2 atom stereocenters. The lowest BCUT2D eigenvalue weighted by Crippen LogP contribution is -2.33. The van der Waals surface area contributed by atoms with Crippen molar-refractivity contribution < 1.29 is 0 Å². The highest BCUT2D eigenvalue weighted by Gasteiger charge is 2.30. The topological polar surface area (TPSA) is 24.9 Å². The molecule has 3 rings (SSSR count). The molecule has 2 aromatic rings. The predicted molar refractivity (Wildman–Crippen MR) is 86.0 cm³/mol. The zero-order valence-corrected chi connectivity index (χ0v) is 13.2. The van der Waals surface area contributed by atoms with Crippen molar-refractivity contribution in [2.75, 3.05) is 7.05 Å². The quantitative estimate of drug-likeness (QED) is 0.924. The van der Waals surface area contributed by atoms with Crippen LogP contribution in [0.5, 0.6) is 0 Å². The van der Waals surface area contributed by atoms with Gasteiger partial charge >= 0.3 is 0 Å². The van der Waals surface area contributed by atoms with Gasteiger partial charge in [0.15, 0.2) is 0 Å². The molecule has 2 unspecified atom stereocenters. The molecule has 0 fully saturated rings. The first-order valence-electron chi connectivity index (χ1n) is 7.13. The Morgan fingerprint density at radius 1 is 1.35 bits per heavy atom. The minimum atomic E-state index is 0.445. The van der Waals surface area contributed by atoms with Crippen molar-refractivity contribution in [2.45, 2.75) is 31.2 Å². The van der Waals surface area contributed by atoms with Crippen LogP contribution in [0.15, 0.2) is 47.1 Å². The lowest BCUT2D eigenvalue weighted by atomic mass is 9.91. The third-order valence-corrected chi connectivity index (χ3v) is 4.70. The monoisotopic (exact) mass is 330 g/mol. The van der Waals surface area contributed by atoms with Gasteiger partial charge in [0.1, 0.15) is 0 Å². The molecule has 1 aliphatic rings. The third-order valence-electron chi connectivity index (χ3n) is 4.20. The standard InChI is InChI=1S/C17H19BrN2/c1-19-16(11-12-4-2-6-14(18)10-12)15-8-7-13-5-3-9-20-17(13)15/h2-6,9-10,15-16,19H,7-8,11H2,1H3. The smallest absolute Gasteiger partial charge is 0.0482 e. The van der Waals surface area contributed by atoms with Crippen molar-refractivity contribution >= 4 is 15.9 Å². The highest BCUT2D eigenvalue weighted by Crippen LogP contribution is 2.34. The van der Waals surface area contributed by atoms with Gasteiger partial charge in [0.25, 0.3) is 0 Å². The van der Waals surface area contributed by atoms with Crippen LogP contribution in [-0.4, -0.2) is 18.1 Å². The normalized spacial score (nSPS) is 18.8. The van der Waals surface area contributed by atoms with E-state index in [0.717, 1.165) is 17.3 Å². The van der Waals surface area contributed by atoms with Gasteiger partial charge in [0.05, 0.1) is 0 Å². The van der Waals surface area contributed by atoms with Crippen LogP contribution in [0.4, 0.5) is 0 Å². The Hall–Kier alpha value is -1.19. The van der Waals surface area contributed by atoms with Gasteiger partial charge in [-0.25, -0.2) is 0 Å². The second-order valence-electron chi connectivity index (χ2n) is 5.42. The Balaban J connectivity index is 1.81. The van der Waals surface area contributed by atoms with E-state index in [1.165, 1.54) is 23.2 Å². The van der Waals surface area contributed by atoms with E-state index in [0.29, 0.717) is 12.0 Å². The summed E-state index contributed by atoms with van der Waals surface area (Å²) < 4.78 is 1.15. The summed E-state index contributed by atoms with van der Waals surface area (Å²) in [6.45, 7) is 0. The molecular weight excluding hydrogens is 312 g/mol. The SMILES string of the molecule is CNC(Cc1cccc(Br)c1)C1CCc2cccnc21. The molecule has 0 saturated heterocycles. The molecule has 0 radical (unpaired) electrons. The summed E-state index contributed by atoms with van der Waals surface area (Å²) >= 11 is 3.55. The van der Waals surface area contributed by atoms with Crippen LogP contribution in [0.3, 0.4) is 0 Å². The minimum absolute atomic E-state index is 0.445. The van der Waals surface area contributed by atoms with E-state index in [2.05, 4.69) is 63.6 Å². The molecule has 1 heterocycles. The number of benzene rings is 1. The van der Waals surface area contributed by atoms with Crippen LogP contribution in [0.2, 0.25) is 0 Å². The lowest BCUT2D eigenvalue weighted by molar-refractivity contribution is 0.450. The van der Waals surface area contributed by atoms with Crippen LogP contribution in [-0.2, 0) is 12.8 Å². The van der Waals surface area contributed by atoms with Crippen LogP contribution in [0, 0.1) is 0 Å². The number of aryl methyl sites for hydroxylation is 1. The highest BCUT2D eigenvalue weighted by molar-refractivity contribution is 9.10. The van der Waals surface area contributed by atoms with Gasteiger partial charge in [-0.1, -0.05) is 34.1 Å². The summed E-state index contributed by atoms with van der Waals surface area (Å²) in [5.74, 6) is 0.523. The Labute approximate surface area is 128 Å². The number of fused-ring (bicyclic) bond motifs is 1. The second-order valence-corrected chi connectivity index (χ2v) is 6.34. The summed E-state index contributed by atoms with van der Waals surface area (Å²) in [5, 5.41) is 3.50. The molecule has 0 aliphatic heterocycles. The summed E-state index contributed by atoms with van der Waals surface area (Å²) in [6, 6.07) is 13.3. The van der Waals surface area contributed by atoms with Gasteiger partial charge in [-0.05, 0) is 55.6 Å². The number of likely N-dealkylation sites (N-methyl/N-ethyl adjacent to an activating group) is 1. The molecule has 2 nitrogen and oxygen atoms in total. The van der Waals surface area contributed by atoms with E-state index in [9.17, 15) is 0 Å². The fraction of sp³-hybridized carbons (Fsp3) is 0.353. The first kappa shape index (κ1) is 13.8. The Morgan fingerprint density at radius 2 is 2.25 bits per heavy atom. The molecular formula is C17H19BrN2. The fourth-order valence-corrected chi connectivity index (χ4v) is 3.65. The van der Waals surface area contributed by atoms with Gasteiger partial charge in [-0.15, -0.1) is 0 Å². The second kappa shape index (κ2) is 6.06. The van der Waals surface area contributed by atoms with E-state index < -0.39 is 0 Å². The molecule has 1 aliphatic carbocycles. The van der Waals surface area contributed by atoms with E-state index in [1.54, 1.807) is 0 Å². The van der Waals surface area contributed by atoms with E-state index in [1.807, 2.05) is 12.3 Å². The molecule has 1 aromatic heterocycles. The average Bonchev–Trinajstić information content (AvgIpc) is 2.89. The third kappa shape index (κ3) is 2.79. The van der Waals surface area contributed by atoms with Crippen molar-refractivity contribution in [1.29, 1.82) is 0 Å². The maximum absolute atomic E-state index is 4.62. The molecule has 1 N–H and O–H groups in total. The number of hydrogen-bond acceptors (Lipinski definition) is 2. The summed E-state index contributed by atoms with van der Waals surface area (Å²) in [4.78, 5) is 4.62. The molecule has 0 amide bonds. The van der Waals surface area contributed by atoms with Crippen LogP contribution in [0.25, 0.3) is 0 Å². The number of rotatable bonds is 4. The van der Waals surface area contributed by atoms with Crippen LogP contribution in [0.1, 0.15) is 29.2 Å². The molecule has 0 saturated carbocycles. The maximum Gasteiger partial charge on any atom is 0.0482 e. The van der Waals surface area contributed by atoms with Crippen molar-refractivity contribution in [3.05, 3.63) is 63.9 Å². The molecule has 0 bridgehead atoms. The molecule has 104 valence electrons. The number of pyridine rings is 1. The molecule has 3 heteroatoms. The van der Waals surface area contributed by atoms with Crippen molar-refractivity contribution in [1.82, 2.24) is 10.3 Å².